The summed E-state index contributed by atoms with van der Waals surface area (Å²) < 4.78 is 26.9. The summed E-state index contributed by atoms with van der Waals surface area (Å²) in [6, 6.07) is 10.3. The molecule has 0 spiro atoms. The van der Waals surface area contributed by atoms with Crippen molar-refractivity contribution in [2.45, 2.75) is 18.2 Å². The SMILES string of the molecule is CCCN(CCO)S(=O)(=O)c1cccc2cc(N)ccc12. The molecule has 0 amide bonds. The quantitative estimate of drug-likeness (QED) is 0.797. The minimum atomic E-state index is -3.63. The highest BCUT2D eigenvalue weighted by Gasteiger charge is 2.25. The third kappa shape index (κ3) is 3.18. The smallest absolute Gasteiger partial charge is 0.243 e. The fraction of sp³-hybridized carbons (Fsp3) is 0.333. The highest BCUT2D eigenvalue weighted by molar-refractivity contribution is 7.89. The van der Waals surface area contributed by atoms with Crippen LogP contribution >= 0.6 is 0 Å². The summed E-state index contributed by atoms with van der Waals surface area (Å²) in [7, 11) is -3.63. The van der Waals surface area contributed by atoms with Crippen LogP contribution in [0.3, 0.4) is 0 Å². The van der Waals surface area contributed by atoms with Crippen LogP contribution in [0.25, 0.3) is 10.8 Å². The van der Waals surface area contributed by atoms with Crippen molar-refractivity contribution in [2.75, 3.05) is 25.4 Å². The largest absolute Gasteiger partial charge is 0.399 e. The molecule has 3 N–H and O–H groups in total. The Kier molecular flexibility index (Phi) is 4.82. The number of hydrogen-bond acceptors (Lipinski definition) is 4. The number of aliphatic hydroxyl groups is 1. The van der Waals surface area contributed by atoms with Gasteiger partial charge in [-0.1, -0.05) is 25.1 Å². The van der Waals surface area contributed by atoms with Crippen LogP contribution in [0, 0.1) is 0 Å². The minimum Gasteiger partial charge on any atom is -0.399 e. The number of sulfonamides is 1. The standard InChI is InChI=1S/C15H20N2O3S/c1-2-8-17(9-10-18)21(19,20)15-5-3-4-12-11-13(16)6-7-14(12)15/h3-7,11,18H,2,8-10,16H2,1H3. The summed E-state index contributed by atoms with van der Waals surface area (Å²) in [5.74, 6) is 0. The highest BCUT2D eigenvalue weighted by atomic mass is 32.2. The van der Waals surface area contributed by atoms with Crippen LogP contribution < -0.4 is 5.73 Å². The molecule has 0 saturated heterocycles. The number of nitrogens with two attached hydrogens (primary N) is 1. The molecular weight excluding hydrogens is 288 g/mol. The van der Waals surface area contributed by atoms with E-state index in [4.69, 9.17) is 10.8 Å². The zero-order valence-electron chi connectivity index (χ0n) is 12.0. The number of rotatable bonds is 6. The Bertz CT molecular complexity index is 723. The molecule has 0 heterocycles. The maximum atomic E-state index is 12.8. The molecule has 2 aromatic rings. The Balaban J connectivity index is 2.58. The Labute approximate surface area is 125 Å². The summed E-state index contributed by atoms with van der Waals surface area (Å²) in [4.78, 5) is 0.252. The van der Waals surface area contributed by atoms with Gasteiger partial charge in [-0.15, -0.1) is 0 Å². The molecule has 5 nitrogen and oxygen atoms in total. The minimum absolute atomic E-state index is 0.0987. The number of fused-ring (bicyclic) bond motifs is 1. The van der Waals surface area contributed by atoms with Crippen LogP contribution in [0.2, 0.25) is 0 Å². The molecule has 21 heavy (non-hydrogen) atoms. The number of nitrogen functional groups attached to an aromatic ring is 1. The molecule has 0 fully saturated rings. The fourth-order valence-electron chi connectivity index (χ4n) is 2.35. The van der Waals surface area contributed by atoms with Crippen molar-refractivity contribution in [1.82, 2.24) is 4.31 Å². The molecule has 0 unspecified atom stereocenters. The van der Waals surface area contributed by atoms with Crippen molar-refractivity contribution in [3.8, 4) is 0 Å². The predicted octanol–water partition coefficient (Wildman–Crippen LogP) is 1.81. The van der Waals surface area contributed by atoms with Gasteiger partial charge < -0.3 is 10.8 Å². The molecule has 0 aliphatic carbocycles. The number of benzene rings is 2. The van der Waals surface area contributed by atoms with Crippen molar-refractivity contribution in [1.29, 1.82) is 0 Å². The van der Waals surface area contributed by atoms with Gasteiger partial charge in [-0.3, -0.25) is 0 Å². The lowest BCUT2D eigenvalue weighted by Crippen LogP contribution is -2.34. The van der Waals surface area contributed by atoms with E-state index < -0.39 is 10.0 Å². The van der Waals surface area contributed by atoms with Crippen molar-refractivity contribution in [3.05, 3.63) is 36.4 Å². The maximum absolute atomic E-state index is 12.8. The lowest BCUT2D eigenvalue weighted by atomic mass is 10.1. The van der Waals surface area contributed by atoms with Crippen LogP contribution in [0.15, 0.2) is 41.3 Å². The second-order valence-corrected chi connectivity index (χ2v) is 6.77. The Morgan fingerprint density at radius 3 is 2.62 bits per heavy atom. The fourth-order valence-corrected chi connectivity index (χ4v) is 4.09. The van der Waals surface area contributed by atoms with Gasteiger partial charge in [-0.25, -0.2) is 8.42 Å². The number of aliphatic hydroxyl groups excluding tert-OH is 1. The first-order chi connectivity index (χ1) is 10.0. The predicted molar refractivity (Wildman–Crippen MR) is 84.5 cm³/mol. The van der Waals surface area contributed by atoms with E-state index in [0.717, 1.165) is 5.39 Å². The Hall–Kier alpha value is -1.63. The first-order valence-electron chi connectivity index (χ1n) is 6.90. The van der Waals surface area contributed by atoms with Crippen LogP contribution in [0.1, 0.15) is 13.3 Å². The second-order valence-electron chi connectivity index (χ2n) is 4.86. The molecule has 6 heteroatoms. The van der Waals surface area contributed by atoms with Gasteiger partial charge in [-0.05, 0) is 30.0 Å². The van der Waals surface area contributed by atoms with Crippen molar-refractivity contribution < 1.29 is 13.5 Å². The molecule has 114 valence electrons. The third-order valence-corrected chi connectivity index (χ3v) is 5.26. The monoisotopic (exact) mass is 308 g/mol. The molecule has 0 aliphatic heterocycles. The van der Waals surface area contributed by atoms with Gasteiger partial charge in [-0.2, -0.15) is 4.31 Å². The maximum Gasteiger partial charge on any atom is 0.243 e. The van der Waals surface area contributed by atoms with Gasteiger partial charge in [0.15, 0.2) is 0 Å². The summed E-state index contributed by atoms with van der Waals surface area (Å²) in [5.41, 5.74) is 6.34. The average Bonchev–Trinajstić information content (AvgIpc) is 2.46. The van der Waals surface area contributed by atoms with Crippen molar-refractivity contribution >= 4 is 26.5 Å². The molecule has 0 atom stereocenters. The summed E-state index contributed by atoms with van der Waals surface area (Å²) >= 11 is 0. The van der Waals surface area contributed by atoms with Gasteiger partial charge in [0, 0.05) is 24.2 Å². The molecule has 0 aromatic heterocycles. The van der Waals surface area contributed by atoms with E-state index in [1.54, 1.807) is 30.3 Å². The molecule has 0 aliphatic rings. The zero-order valence-corrected chi connectivity index (χ0v) is 12.8. The van der Waals surface area contributed by atoms with E-state index in [0.29, 0.717) is 24.0 Å². The van der Waals surface area contributed by atoms with Gasteiger partial charge in [0.2, 0.25) is 10.0 Å². The topological polar surface area (TPSA) is 83.6 Å². The first kappa shape index (κ1) is 15.8. The van der Waals surface area contributed by atoms with Gasteiger partial charge in [0.1, 0.15) is 0 Å². The molecule has 0 bridgehead atoms. The lowest BCUT2D eigenvalue weighted by molar-refractivity contribution is 0.253. The molecule has 0 radical (unpaired) electrons. The van der Waals surface area contributed by atoms with E-state index in [2.05, 4.69) is 0 Å². The molecule has 0 saturated carbocycles. The third-order valence-electron chi connectivity index (χ3n) is 3.30. The van der Waals surface area contributed by atoms with E-state index in [-0.39, 0.29) is 18.0 Å². The van der Waals surface area contributed by atoms with Crippen LogP contribution in [0.4, 0.5) is 5.69 Å². The number of anilines is 1. The average molecular weight is 308 g/mol. The van der Waals surface area contributed by atoms with E-state index in [1.165, 1.54) is 4.31 Å². The van der Waals surface area contributed by atoms with Gasteiger partial charge in [0.25, 0.3) is 0 Å². The van der Waals surface area contributed by atoms with Gasteiger partial charge in [0.05, 0.1) is 11.5 Å². The van der Waals surface area contributed by atoms with Crippen LogP contribution in [-0.4, -0.2) is 37.5 Å². The Morgan fingerprint density at radius 1 is 1.19 bits per heavy atom. The molecule has 2 rings (SSSR count). The van der Waals surface area contributed by atoms with Gasteiger partial charge >= 0.3 is 0 Å². The van der Waals surface area contributed by atoms with E-state index >= 15 is 0 Å². The van der Waals surface area contributed by atoms with Crippen molar-refractivity contribution in [3.63, 3.8) is 0 Å². The lowest BCUT2D eigenvalue weighted by Gasteiger charge is -2.21. The van der Waals surface area contributed by atoms with Crippen LogP contribution in [0.5, 0.6) is 0 Å². The number of nitrogens with zero attached hydrogens (tertiary/aromatic N) is 1. The first-order valence-corrected chi connectivity index (χ1v) is 8.34. The summed E-state index contributed by atoms with van der Waals surface area (Å²) in [6.07, 6.45) is 0.691. The van der Waals surface area contributed by atoms with E-state index in [9.17, 15) is 8.42 Å². The summed E-state index contributed by atoms with van der Waals surface area (Å²) in [5, 5.41) is 10.5. The number of hydrogen-bond donors (Lipinski definition) is 2. The Morgan fingerprint density at radius 2 is 1.95 bits per heavy atom. The van der Waals surface area contributed by atoms with Crippen LogP contribution in [-0.2, 0) is 10.0 Å². The highest BCUT2D eigenvalue weighted by Crippen LogP contribution is 2.27. The molecular formula is C15H20N2O3S. The zero-order chi connectivity index (χ0) is 15.5. The normalized spacial score (nSPS) is 12.1. The van der Waals surface area contributed by atoms with Crippen molar-refractivity contribution in [2.24, 2.45) is 0 Å². The second kappa shape index (κ2) is 6.43. The van der Waals surface area contributed by atoms with E-state index in [1.807, 2.05) is 13.0 Å². The summed E-state index contributed by atoms with van der Waals surface area (Å²) in [6.45, 7) is 2.19. The molecule has 2 aromatic carbocycles.